The van der Waals surface area contributed by atoms with Crippen LogP contribution in [0.2, 0.25) is 0 Å². The van der Waals surface area contributed by atoms with Gasteiger partial charge in [0.1, 0.15) is 0 Å². The molecule has 0 bridgehead atoms. The normalized spacial score (nSPS) is 16.5. The molecule has 0 saturated carbocycles. The molecule has 31 heavy (non-hydrogen) atoms. The molecule has 1 N–H and O–H groups in total. The van der Waals surface area contributed by atoms with E-state index in [4.69, 9.17) is 10.1 Å². The molecular formula is C24H21N3O3S. The topological polar surface area (TPSA) is 74.9 Å². The minimum Gasteiger partial charge on any atom is -0.478 e. The molecule has 0 spiro atoms. The molecule has 1 saturated heterocycles. The first-order valence-electron chi connectivity index (χ1n) is 9.72. The predicted molar refractivity (Wildman–Crippen MR) is 123 cm³/mol. The van der Waals surface area contributed by atoms with E-state index in [-0.39, 0.29) is 11.5 Å². The third-order valence-corrected chi connectivity index (χ3v) is 6.11. The molecule has 1 aliphatic rings. The molecule has 1 aliphatic heterocycles. The molecule has 4 rings (SSSR count). The van der Waals surface area contributed by atoms with Gasteiger partial charge in [-0.3, -0.25) is 9.69 Å². The first-order chi connectivity index (χ1) is 14.9. The number of rotatable bonds is 5. The number of aliphatic imine (C=N–C) groups is 1. The summed E-state index contributed by atoms with van der Waals surface area (Å²) in [5, 5.41) is 9.70. The van der Waals surface area contributed by atoms with Gasteiger partial charge in [-0.05, 0) is 66.7 Å². The number of aryl methyl sites for hydroxylation is 1. The molecule has 7 heteroatoms. The van der Waals surface area contributed by atoms with Crippen LogP contribution in [-0.2, 0) is 18.4 Å². The number of benzene rings is 2. The summed E-state index contributed by atoms with van der Waals surface area (Å²) >= 11 is 1.34. The van der Waals surface area contributed by atoms with Gasteiger partial charge in [0.05, 0.1) is 22.7 Å². The molecule has 6 nitrogen and oxygen atoms in total. The number of aromatic nitrogens is 1. The van der Waals surface area contributed by atoms with Gasteiger partial charge in [-0.2, -0.15) is 0 Å². The van der Waals surface area contributed by atoms with Gasteiger partial charge in [0.25, 0.3) is 5.91 Å². The predicted octanol–water partition coefficient (Wildman–Crippen LogP) is 4.84. The molecule has 156 valence electrons. The second-order valence-corrected chi connectivity index (χ2v) is 8.20. The van der Waals surface area contributed by atoms with Crippen LogP contribution in [0.1, 0.15) is 27.3 Å². The van der Waals surface area contributed by atoms with E-state index in [1.54, 1.807) is 29.2 Å². The molecule has 3 aromatic rings. The number of carbonyl (C=O) groups excluding carboxylic acids is 1. The highest BCUT2D eigenvalue weighted by molar-refractivity contribution is 8.18. The Morgan fingerprint density at radius 2 is 1.77 bits per heavy atom. The molecule has 0 aliphatic carbocycles. The van der Waals surface area contributed by atoms with Gasteiger partial charge in [-0.15, -0.1) is 0 Å². The highest BCUT2D eigenvalue weighted by Crippen LogP contribution is 2.35. The van der Waals surface area contributed by atoms with Gasteiger partial charge in [0.15, 0.2) is 5.17 Å². The van der Waals surface area contributed by atoms with Crippen molar-refractivity contribution < 1.29 is 14.7 Å². The van der Waals surface area contributed by atoms with E-state index in [9.17, 15) is 9.59 Å². The number of aromatic carboxylic acids is 1. The summed E-state index contributed by atoms with van der Waals surface area (Å²) in [5.41, 5.74) is 3.86. The Balaban J connectivity index is 1.68. The van der Waals surface area contributed by atoms with Crippen LogP contribution in [0, 0.1) is 6.92 Å². The molecule has 2 heterocycles. The Morgan fingerprint density at radius 3 is 2.39 bits per heavy atom. The van der Waals surface area contributed by atoms with Crippen molar-refractivity contribution in [3.8, 4) is 0 Å². The Labute approximate surface area is 184 Å². The second kappa shape index (κ2) is 8.65. The molecule has 0 radical (unpaired) electrons. The molecule has 1 amide bonds. The van der Waals surface area contributed by atoms with E-state index in [1.807, 2.05) is 67.1 Å². The van der Waals surface area contributed by atoms with E-state index in [0.717, 1.165) is 22.6 Å². The van der Waals surface area contributed by atoms with Crippen molar-refractivity contribution in [2.75, 3.05) is 0 Å². The summed E-state index contributed by atoms with van der Waals surface area (Å²) in [6.45, 7) is 2.32. The fourth-order valence-electron chi connectivity index (χ4n) is 3.19. The molecular weight excluding hydrogens is 410 g/mol. The van der Waals surface area contributed by atoms with Gasteiger partial charge in [0.2, 0.25) is 0 Å². The average Bonchev–Trinajstić information content (AvgIpc) is 3.23. The van der Waals surface area contributed by atoms with Crippen LogP contribution in [0.25, 0.3) is 6.08 Å². The molecule has 0 unspecified atom stereocenters. The Morgan fingerprint density at radius 1 is 1.06 bits per heavy atom. The van der Waals surface area contributed by atoms with Crippen LogP contribution in [0.3, 0.4) is 0 Å². The van der Waals surface area contributed by atoms with E-state index in [1.165, 1.54) is 11.8 Å². The first-order valence-corrected chi connectivity index (χ1v) is 10.5. The fraction of sp³-hybridized carbons (Fsp3) is 0.125. The van der Waals surface area contributed by atoms with E-state index >= 15 is 0 Å². The highest BCUT2D eigenvalue weighted by atomic mass is 32.2. The zero-order chi connectivity index (χ0) is 22.0. The number of amides is 1. The summed E-state index contributed by atoms with van der Waals surface area (Å²) in [5.74, 6) is -1.10. The van der Waals surface area contributed by atoms with Crippen LogP contribution in [0.4, 0.5) is 5.69 Å². The number of carboxylic acid groups (broad SMARTS) is 1. The summed E-state index contributed by atoms with van der Waals surface area (Å²) < 4.78 is 2.03. The average molecular weight is 432 g/mol. The molecule has 1 fully saturated rings. The standard InChI is InChI=1S/C24H21N3O3S/c1-16-8-13-20(26(16)2)14-21-22(28)27(15-17-9-11-18(12-10-17)23(29)30)24(31-21)25-19-6-4-3-5-7-19/h3-14H,15H2,1-2H3,(H,29,30)/b21-14-,25-24?. The van der Waals surface area contributed by atoms with Crippen LogP contribution in [0.15, 0.2) is 76.6 Å². The van der Waals surface area contributed by atoms with Gasteiger partial charge in [0, 0.05) is 18.4 Å². The number of carbonyl (C=O) groups is 2. The van der Waals surface area contributed by atoms with Gasteiger partial charge < -0.3 is 9.67 Å². The van der Waals surface area contributed by atoms with Crippen LogP contribution in [0.5, 0.6) is 0 Å². The van der Waals surface area contributed by atoms with Crippen molar-refractivity contribution in [3.05, 3.63) is 94.1 Å². The third kappa shape index (κ3) is 4.46. The maximum atomic E-state index is 13.3. The van der Waals surface area contributed by atoms with Crippen molar-refractivity contribution in [1.29, 1.82) is 0 Å². The lowest BCUT2D eigenvalue weighted by molar-refractivity contribution is -0.122. The quantitative estimate of drug-likeness (QED) is 0.587. The fourth-order valence-corrected chi connectivity index (χ4v) is 4.17. The number of hydrogen-bond donors (Lipinski definition) is 1. The Hall–Kier alpha value is -3.58. The van der Waals surface area contributed by atoms with E-state index < -0.39 is 5.97 Å². The zero-order valence-electron chi connectivity index (χ0n) is 17.1. The number of carboxylic acids is 1. The lowest BCUT2D eigenvalue weighted by Gasteiger charge is -2.16. The molecule has 0 atom stereocenters. The SMILES string of the molecule is Cc1ccc(/C=C2\SC(=Nc3ccccc3)N(Cc3ccc(C(=O)O)cc3)C2=O)n1C. The second-order valence-electron chi connectivity index (χ2n) is 7.19. The van der Waals surface area contributed by atoms with Crippen molar-refractivity contribution in [3.63, 3.8) is 0 Å². The van der Waals surface area contributed by atoms with Crippen molar-refractivity contribution in [2.45, 2.75) is 13.5 Å². The number of thioether (sulfide) groups is 1. The monoisotopic (exact) mass is 431 g/mol. The van der Waals surface area contributed by atoms with Gasteiger partial charge in [-0.25, -0.2) is 9.79 Å². The maximum absolute atomic E-state index is 13.3. The smallest absolute Gasteiger partial charge is 0.335 e. The Bertz CT molecular complexity index is 1190. The number of amidine groups is 1. The van der Waals surface area contributed by atoms with Gasteiger partial charge >= 0.3 is 5.97 Å². The first kappa shape index (κ1) is 20.7. The van der Waals surface area contributed by atoms with Crippen LogP contribution >= 0.6 is 11.8 Å². The van der Waals surface area contributed by atoms with Crippen molar-refractivity contribution >= 4 is 40.6 Å². The van der Waals surface area contributed by atoms with Gasteiger partial charge in [-0.1, -0.05) is 30.3 Å². The van der Waals surface area contributed by atoms with Crippen LogP contribution < -0.4 is 0 Å². The Kier molecular flexibility index (Phi) is 5.77. The lowest BCUT2D eigenvalue weighted by Crippen LogP contribution is -2.28. The minimum absolute atomic E-state index is 0.124. The summed E-state index contributed by atoms with van der Waals surface area (Å²) in [4.78, 5) is 31.3. The summed E-state index contributed by atoms with van der Waals surface area (Å²) in [6.07, 6.45) is 1.88. The summed E-state index contributed by atoms with van der Waals surface area (Å²) in [7, 11) is 1.96. The van der Waals surface area contributed by atoms with Crippen molar-refractivity contribution in [1.82, 2.24) is 9.47 Å². The number of nitrogens with zero attached hydrogens (tertiary/aromatic N) is 3. The van der Waals surface area contributed by atoms with Crippen LogP contribution in [-0.4, -0.2) is 31.6 Å². The van der Waals surface area contributed by atoms with Crippen molar-refractivity contribution in [2.24, 2.45) is 12.0 Å². The zero-order valence-corrected chi connectivity index (χ0v) is 18.0. The lowest BCUT2D eigenvalue weighted by atomic mass is 10.1. The van der Waals surface area contributed by atoms with E-state index in [0.29, 0.717) is 16.6 Å². The largest absolute Gasteiger partial charge is 0.478 e. The maximum Gasteiger partial charge on any atom is 0.335 e. The minimum atomic E-state index is -0.978. The number of hydrogen-bond acceptors (Lipinski definition) is 4. The molecule has 2 aromatic carbocycles. The highest BCUT2D eigenvalue weighted by Gasteiger charge is 2.33. The van der Waals surface area contributed by atoms with E-state index in [2.05, 4.69) is 0 Å². The third-order valence-electron chi connectivity index (χ3n) is 5.10. The summed E-state index contributed by atoms with van der Waals surface area (Å²) in [6, 6.07) is 20.0. The number of para-hydroxylation sites is 1. The molecule has 1 aromatic heterocycles.